The predicted octanol–water partition coefficient (Wildman–Crippen LogP) is 3.55. The molecule has 2 aromatic carbocycles. The molecule has 2 aliphatic heterocycles. The summed E-state index contributed by atoms with van der Waals surface area (Å²) in [4.78, 5) is 151. The van der Waals surface area contributed by atoms with Crippen LogP contribution in [0.25, 0.3) is 0 Å². The van der Waals surface area contributed by atoms with Gasteiger partial charge in [-0.25, -0.2) is 13.2 Å². The van der Waals surface area contributed by atoms with E-state index in [1.807, 2.05) is 13.8 Å². The maximum Gasteiger partial charge on any atom is 0.410 e. The van der Waals surface area contributed by atoms with Crippen molar-refractivity contribution in [3.63, 3.8) is 0 Å². The van der Waals surface area contributed by atoms with Gasteiger partial charge in [0.1, 0.15) is 40.9 Å². The maximum atomic E-state index is 14.8. The lowest BCUT2D eigenvalue weighted by Gasteiger charge is -2.41. The van der Waals surface area contributed by atoms with Gasteiger partial charge < -0.3 is 59.9 Å². The fraction of sp³-hybridized carbons (Fsp3) is 0.609. The first kappa shape index (κ1) is 76.8. The van der Waals surface area contributed by atoms with Crippen molar-refractivity contribution in [1.82, 2.24) is 40.9 Å². The molecule has 1 fully saturated rings. The molecule has 1 saturated heterocycles. The number of methoxy groups -OCH3 is 2. The summed E-state index contributed by atoms with van der Waals surface area (Å²) in [5, 5.41) is 13.2. The molecule has 0 bridgehead atoms. The van der Waals surface area contributed by atoms with Gasteiger partial charge >= 0.3 is 6.09 Å². The number of ketones is 1. The van der Waals surface area contributed by atoms with E-state index in [0.717, 1.165) is 34.1 Å². The molecule has 510 valence electrons. The summed E-state index contributed by atoms with van der Waals surface area (Å²) in [7, 11) is 0.487. The first-order chi connectivity index (χ1) is 43.2. The van der Waals surface area contributed by atoms with E-state index < -0.39 is 153 Å². The lowest BCUT2D eigenvalue weighted by atomic mass is 9.89. The van der Waals surface area contributed by atoms with Crippen LogP contribution in [0, 0.1) is 29.6 Å². The van der Waals surface area contributed by atoms with E-state index in [1.165, 1.54) is 39.2 Å². The molecule has 27 nitrogen and oxygen atoms in total. The molecule has 0 radical (unpaired) electrons. The first-order valence-electron chi connectivity index (χ1n) is 31.0. The van der Waals surface area contributed by atoms with Crippen LogP contribution in [0.4, 0.5) is 10.5 Å². The topological polar surface area (TPSA) is 355 Å². The summed E-state index contributed by atoms with van der Waals surface area (Å²) >= 11 is 0. The fourth-order valence-electron chi connectivity index (χ4n) is 11.3. The summed E-state index contributed by atoms with van der Waals surface area (Å²) in [6.07, 6.45) is 1.05. The minimum atomic E-state index is -5.29. The van der Waals surface area contributed by atoms with Gasteiger partial charge in [-0.2, -0.15) is 0 Å². The normalized spacial score (nSPS) is 17.4. The second-order valence-electron chi connectivity index (χ2n) is 24.4. The zero-order valence-corrected chi connectivity index (χ0v) is 56.3. The molecule has 2 aromatic rings. The Kier molecular flexibility index (Phi) is 29.5. The van der Waals surface area contributed by atoms with Crippen LogP contribution in [-0.4, -0.2) is 207 Å². The molecule has 2 heterocycles. The minimum Gasteiger partial charge on any atom is -0.744 e. The highest BCUT2D eigenvalue weighted by atomic mass is 32.2. The van der Waals surface area contributed by atoms with Gasteiger partial charge in [-0.05, 0) is 62.5 Å². The molecular formula is C64H94N9O18S-. The van der Waals surface area contributed by atoms with Crippen LogP contribution in [0.15, 0.2) is 65.6 Å². The second kappa shape index (κ2) is 35.4. The van der Waals surface area contributed by atoms with Crippen molar-refractivity contribution in [2.24, 2.45) is 29.6 Å². The van der Waals surface area contributed by atoms with Crippen molar-refractivity contribution < 1.29 is 84.7 Å². The van der Waals surface area contributed by atoms with E-state index in [0.29, 0.717) is 31.4 Å². The van der Waals surface area contributed by atoms with Crippen molar-refractivity contribution in [1.29, 1.82) is 0 Å². The monoisotopic (exact) mass is 1310 g/mol. The van der Waals surface area contributed by atoms with E-state index >= 15 is 0 Å². The van der Waals surface area contributed by atoms with Gasteiger partial charge in [-0.3, -0.25) is 57.7 Å². The van der Waals surface area contributed by atoms with Gasteiger partial charge in [0.05, 0.1) is 67.3 Å². The molecular weight excluding hydrogens is 1210 g/mol. The van der Waals surface area contributed by atoms with E-state index in [1.54, 1.807) is 97.7 Å². The fourth-order valence-corrected chi connectivity index (χ4v) is 12.0. The number of imide groups is 1. The Labute approximate surface area is 539 Å². The molecule has 0 aromatic heterocycles. The number of hydrogen-bond donors (Lipinski definition) is 5. The smallest absolute Gasteiger partial charge is 0.410 e. The summed E-state index contributed by atoms with van der Waals surface area (Å²) in [6, 6.07) is 5.07. The zero-order chi connectivity index (χ0) is 69.1. The quantitative estimate of drug-likeness (QED) is 0.0285. The van der Waals surface area contributed by atoms with Crippen LogP contribution in [0.5, 0.6) is 0 Å². The lowest BCUT2D eigenvalue weighted by Crippen LogP contribution is -2.60. The molecule has 9 unspecified atom stereocenters. The van der Waals surface area contributed by atoms with Gasteiger partial charge in [0, 0.05) is 70.2 Å². The van der Waals surface area contributed by atoms with E-state index in [4.69, 9.17) is 18.9 Å². The molecule has 2 aliphatic rings. The van der Waals surface area contributed by atoms with Crippen molar-refractivity contribution >= 4 is 80.8 Å². The van der Waals surface area contributed by atoms with Gasteiger partial charge in [0.2, 0.25) is 41.4 Å². The van der Waals surface area contributed by atoms with Crippen LogP contribution in [0.3, 0.4) is 0 Å². The highest BCUT2D eigenvalue weighted by Gasteiger charge is 2.44. The predicted molar refractivity (Wildman–Crippen MR) is 337 cm³/mol. The van der Waals surface area contributed by atoms with Crippen LogP contribution >= 0.6 is 0 Å². The number of benzene rings is 2. The average Bonchev–Trinajstić information content (AvgIpc) is 1.17. The molecule has 0 spiro atoms. The Bertz CT molecular complexity index is 3070. The Hall–Kier alpha value is -7.66. The summed E-state index contributed by atoms with van der Waals surface area (Å²) < 4.78 is 60.7. The number of hydrogen-bond acceptors (Lipinski definition) is 18. The number of amides is 10. The minimum absolute atomic E-state index is 0.00767. The van der Waals surface area contributed by atoms with E-state index in [-0.39, 0.29) is 61.5 Å². The molecule has 0 aliphatic carbocycles. The summed E-state index contributed by atoms with van der Waals surface area (Å²) in [6.45, 7) is 18.1. The average molecular weight is 1310 g/mol. The maximum absolute atomic E-state index is 14.8. The largest absolute Gasteiger partial charge is 0.744 e. The number of ether oxygens (including phenoxy) is 4. The second-order valence-corrected chi connectivity index (χ2v) is 25.8. The first-order valence-corrected chi connectivity index (χ1v) is 32.4. The van der Waals surface area contributed by atoms with Gasteiger partial charge in [0.25, 0.3) is 11.8 Å². The molecule has 0 saturated carbocycles. The third-order valence-corrected chi connectivity index (χ3v) is 17.6. The van der Waals surface area contributed by atoms with E-state index in [9.17, 15) is 65.7 Å². The standard InChI is InChI=1S/C64H95N9O18S/c1-16-39(8)56(47(88-14)34-52(77)72-29-20-23-46(72)58(89-15)40(9)59(79)65-41(10)57(78)43-21-18-17-19-22-43)70(12)63(83)54(37(4)5)69-62(82)55(38(6)7)71(13)64(84)91-35-44-24-25-45(33-48(44)92(85,86)87)67-60(80)42(11)66-61(81)53(36(2)3)68-49(74)28-31-90-32-30-73-50(75)26-27-51(73)76/h17-19,21-22,24-27,33,36-42,46-47,53-56,58H,16,20,23,28-32,34-35H2,1-15H3,(H,65,79)(H,66,81)(H,67,80)(H,68,74)(H,69,82)(H,85,86,87)/p-1/t39?,40?,41?,42-,46?,47?,53?,54-,55?,56?,58?/m0/s1. The zero-order valence-electron chi connectivity index (χ0n) is 55.5. The number of likely N-dealkylation sites (N-methyl/N-ethyl adjacent to an activating group) is 2. The third-order valence-electron chi connectivity index (χ3n) is 16.7. The van der Waals surface area contributed by atoms with Crippen molar-refractivity contribution in [2.45, 2.75) is 174 Å². The van der Waals surface area contributed by atoms with Crippen molar-refractivity contribution in [3.8, 4) is 0 Å². The van der Waals surface area contributed by atoms with Crippen LogP contribution in [-0.2, 0) is 78.8 Å². The molecule has 5 N–H and O–H groups in total. The number of likely N-dealkylation sites (tertiary alicyclic amines) is 1. The number of rotatable bonds is 35. The van der Waals surface area contributed by atoms with Crippen molar-refractivity contribution in [2.75, 3.05) is 59.9 Å². The Balaban J connectivity index is 1.39. The molecule has 92 heavy (non-hydrogen) atoms. The third kappa shape index (κ3) is 20.9. The van der Waals surface area contributed by atoms with Crippen LogP contribution in [0.2, 0.25) is 0 Å². The van der Waals surface area contributed by atoms with Gasteiger partial charge in [-0.1, -0.05) is 105 Å². The van der Waals surface area contributed by atoms with Crippen molar-refractivity contribution in [3.05, 3.63) is 71.8 Å². The molecule has 11 atom stereocenters. The number of nitrogens with one attached hydrogen (secondary N) is 5. The summed E-state index contributed by atoms with van der Waals surface area (Å²) in [5.41, 5.74) is 0.00377. The SMILES string of the molecule is CCC(C)C(C(CC(=O)N1CCCC1C(OC)C(C)C(=O)NC(C)C(=O)c1ccccc1)OC)N(C)C(=O)[C@@H](NC(=O)C(C(C)C)N(C)C(=O)OCc1ccc(NC(=O)[C@H](C)NC(=O)C(NC(=O)CCOCCN2C(=O)C=CC2=O)C(C)C)cc1S(=O)(=O)[O-])C(C)C. The lowest BCUT2D eigenvalue weighted by molar-refractivity contribution is -0.148. The van der Waals surface area contributed by atoms with Crippen LogP contribution in [0.1, 0.15) is 124 Å². The van der Waals surface area contributed by atoms with Crippen LogP contribution < -0.4 is 26.6 Å². The van der Waals surface area contributed by atoms with E-state index in [2.05, 4.69) is 26.6 Å². The Morgan fingerprint density at radius 1 is 0.717 bits per heavy atom. The molecule has 4 rings (SSSR count). The molecule has 10 amide bonds. The number of carbonyl (C=O) groups is 11. The molecule has 28 heteroatoms. The Morgan fingerprint density at radius 3 is 1.90 bits per heavy atom. The highest BCUT2D eigenvalue weighted by molar-refractivity contribution is 7.85. The number of carbonyl (C=O) groups excluding carboxylic acids is 11. The van der Waals surface area contributed by atoms with Gasteiger partial charge in [0.15, 0.2) is 5.78 Å². The number of anilines is 1. The number of Topliss-reactive ketones (excluding diaryl/α,β-unsaturated/α-hetero) is 1. The highest BCUT2D eigenvalue weighted by Crippen LogP contribution is 2.31. The number of nitrogens with zero attached hydrogens (tertiary/aromatic N) is 4. The Morgan fingerprint density at radius 2 is 1.34 bits per heavy atom. The van der Waals surface area contributed by atoms with Gasteiger partial charge in [-0.15, -0.1) is 0 Å². The summed E-state index contributed by atoms with van der Waals surface area (Å²) in [5.74, 6) is -7.77.